The molecule has 2 aromatic rings. The molecular weight excluding hydrogens is 295 g/mol. The van der Waals surface area contributed by atoms with Crippen LogP contribution in [-0.2, 0) is 18.0 Å². The Labute approximate surface area is 126 Å². The molecule has 0 atom stereocenters. The molecule has 1 aromatic carbocycles. The van der Waals surface area contributed by atoms with Gasteiger partial charge in [-0.1, -0.05) is 20.8 Å². The van der Waals surface area contributed by atoms with Crippen LogP contribution in [0.4, 0.5) is 13.2 Å². The first-order valence-electron chi connectivity index (χ1n) is 6.91. The molecule has 0 amide bonds. The van der Waals surface area contributed by atoms with E-state index in [0.717, 1.165) is 12.1 Å². The average molecular weight is 313 g/mol. The Morgan fingerprint density at radius 3 is 2.14 bits per heavy atom. The molecule has 2 rings (SSSR count). The Morgan fingerprint density at radius 2 is 1.68 bits per heavy atom. The fourth-order valence-electron chi connectivity index (χ4n) is 2.13. The standard InChI is InChI=1S/C16H18F3NO2/c1-15(2,3)13-12(8-9-21)22-14(20-13)10-4-6-11(7-5-10)16(17,18)19/h4-7,21H,8-9H2,1-3H3. The van der Waals surface area contributed by atoms with E-state index >= 15 is 0 Å². The van der Waals surface area contributed by atoms with Gasteiger partial charge in [-0.3, -0.25) is 0 Å². The molecule has 1 N–H and O–H groups in total. The molecule has 22 heavy (non-hydrogen) atoms. The second-order valence-corrected chi connectivity index (χ2v) is 6.09. The van der Waals surface area contributed by atoms with Crippen molar-refractivity contribution >= 4 is 0 Å². The molecule has 0 aliphatic rings. The van der Waals surface area contributed by atoms with Crippen LogP contribution in [0.5, 0.6) is 0 Å². The summed E-state index contributed by atoms with van der Waals surface area (Å²) in [5.41, 5.74) is 0.187. The number of hydrogen-bond donors (Lipinski definition) is 1. The minimum absolute atomic E-state index is 0.0786. The number of alkyl halides is 3. The lowest BCUT2D eigenvalue weighted by Gasteiger charge is -2.15. The van der Waals surface area contributed by atoms with Crippen molar-refractivity contribution in [1.29, 1.82) is 0 Å². The van der Waals surface area contributed by atoms with Gasteiger partial charge in [0.2, 0.25) is 5.89 Å². The van der Waals surface area contributed by atoms with E-state index < -0.39 is 11.7 Å². The van der Waals surface area contributed by atoms with Gasteiger partial charge in [0.15, 0.2) is 0 Å². The smallest absolute Gasteiger partial charge is 0.416 e. The Hall–Kier alpha value is -1.82. The molecule has 0 spiro atoms. The van der Waals surface area contributed by atoms with Gasteiger partial charge in [-0.25, -0.2) is 4.98 Å². The normalized spacial score (nSPS) is 12.7. The highest BCUT2D eigenvalue weighted by molar-refractivity contribution is 5.55. The second-order valence-electron chi connectivity index (χ2n) is 6.09. The number of benzene rings is 1. The van der Waals surface area contributed by atoms with Crippen molar-refractivity contribution in [3.63, 3.8) is 0 Å². The molecule has 0 radical (unpaired) electrons. The lowest BCUT2D eigenvalue weighted by Crippen LogP contribution is -2.14. The number of aliphatic hydroxyl groups is 1. The first-order valence-corrected chi connectivity index (χ1v) is 6.91. The van der Waals surface area contributed by atoms with Crippen LogP contribution >= 0.6 is 0 Å². The molecule has 0 fully saturated rings. The van der Waals surface area contributed by atoms with Crippen molar-refractivity contribution in [2.45, 2.75) is 38.8 Å². The fraction of sp³-hybridized carbons (Fsp3) is 0.438. The summed E-state index contributed by atoms with van der Waals surface area (Å²) in [6, 6.07) is 4.68. The number of rotatable bonds is 3. The van der Waals surface area contributed by atoms with E-state index in [-0.39, 0.29) is 17.9 Å². The Kier molecular flexibility index (Phi) is 4.33. The second kappa shape index (κ2) is 5.76. The number of aliphatic hydroxyl groups excluding tert-OH is 1. The Bertz CT molecular complexity index is 637. The third-order valence-electron chi connectivity index (χ3n) is 3.21. The fourth-order valence-corrected chi connectivity index (χ4v) is 2.13. The molecule has 0 unspecified atom stereocenters. The molecule has 1 aromatic heterocycles. The Morgan fingerprint density at radius 1 is 1.09 bits per heavy atom. The third-order valence-corrected chi connectivity index (χ3v) is 3.21. The molecule has 0 aliphatic heterocycles. The number of nitrogens with zero attached hydrogens (tertiary/aromatic N) is 1. The highest BCUT2D eigenvalue weighted by Gasteiger charge is 2.30. The average Bonchev–Trinajstić information content (AvgIpc) is 2.82. The van der Waals surface area contributed by atoms with Gasteiger partial charge in [-0.15, -0.1) is 0 Å². The summed E-state index contributed by atoms with van der Waals surface area (Å²) in [5.74, 6) is 0.826. The maximum Gasteiger partial charge on any atom is 0.416 e. The molecule has 1 heterocycles. The van der Waals surface area contributed by atoms with Crippen LogP contribution < -0.4 is 0 Å². The number of aromatic nitrogens is 1. The molecular formula is C16H18F3NO2. The quantitative estimate of drug-likeness (QED) is 0.924. The lowest BCUT2D eigenvalue weighted by molar-refractivity contribution is -0.137. The predicted molar refractivity (Wildman–Crippen MR) is 76.4 cm³/mol. The van der Waals surface area contributed by atoms with Gasteiger partial charge in [-0.05, 0) is 24.3 Å². The number of oxazole rings is 1. The first-order chi connectivity index (χ1) is 10.1. The van der Waals surface area contributed by atoms with E-state index in [4.69, 9.17) is 9.52 Å². The van der Waals surface area contributed by atoms with E-state index in [1.54, 1.807) is 0 Å². The minimum Gasteiger partial charge on any atom is -0.441 e. The van der Waals surface area contributed by atoms with Gasteiger partial charge in [0.1, 0.15) is 5.76 Å². The zero-order valence-corrected chi connectivity index (χ0v) is 12.7. The third kappa shape index (κ3) is 3.50. The number of halogens is 3. The highest BCUT2D eigenvalue weighted by atomic mass is 19.4. The molecule has 0 saturated carbocycles. The summed E-state index contributed by atoms with van der Waals surface area (Å²) in [7, 11) is 0. The van der Waals surface area contributed by atoms with E-state index in [1.165, 1.54) is 12.1 Å². The van der Waals surface area contributed by atoms with Gasteiger partial charge in [0.05, 0.1) is 17.9 Å². The lowest BCUT2D eigenvalue weighted by atomic mass is 9.90. The van der Waals surface area contributed by atoms with Crippen LogP contribution in [0.1, 0.15) is 37.8 Å². The molecule has 0 bridgehead atoms. The maximum atomic E-state index is 12.6. The summed E-state index contributed by atoms with van der Waals surface area (Å²) < 4.78 is 43.4. The van der Waals surface area contributed by atoms with Gasteiger partial charge >= 0.3 is 6.18 Å². The molecule has 3 nitrogen and oxygen atoms in total. The Balaban J connectivity index is 2.41. The maximum absolute atomic E-state index is 12.6. The van der Waals surface area contributed by atoms with Crippen LogP contribution in [0.3, 0.4) is 0 Å². The van der Waals surface area contributed by atoms with Gasteiger partial charge in [0, 0.05) is 17.4 Å². The minimum atomic E-state index is -4.37. The molecule has 0 aliphatic carbocycles. The van der Waals surface area contributed by atoms with E-state index in [2.05, 4.69) is 4.98 Å². The van der Waals surface area contributed by atoms with Crippen molar-refractivity contribution in [2.24, 2.45) is 0 Å². The van der Waals surface area contributed by atoms with Crippen molar-refractivity contribution in [2.75, 3.05) is 6.61 Å². The summed E-state index contributed by atoms with van der Waals surface area (Å²) in [6.45, 7) is 5.80. The van der Waals surface area contributed by atoms with E-state index in [1.807, 2.05) is 20.8 Å². The summed E-state index contributed by atoms with van der Waals surface area (Å²) >= 11 is 0. The van der Waals surface area contributed by atoms with Crippen LogP contribution in [0, 0.1) is 0 Å². The predicted octanol–water partition coefficient (Wildman–Crippen LogP) is 4.19. The zero-order valence-electron chi connectivity index (χ0n) is 12.7. The molecule has 0 saturated heterocycles. The van der Waals surface area contributed by atoms with Crippen molar-refractivity contribution in [3.05, 3.63) is 41.3 Å². The number of hydrogen-bond acceptors (Lipinski definition) is 3. The SMILES string of the molecule is CC(C)(C)c1nc(-c2ccc(C(F)(F)F)cc2)oc1CCO. The van der Waals surface area contributed by atoms with Crippen LogP contribution in [-0.4, -0.2) is 16.7 Å². The van der Waals surface area contributed by atoms with E-state index in [9.17, 15) is 13.2 Å². The first kappa shape index (κ1) is 16.5. The highest BCUT2D eigenvalue weighted by Crippen LogP contribution is 2.33. The monoisotopic (exact) mass is 313 g/mol. The van der Waals surface area contributed by atoms with Crippen LogP contribution in [0.25, 0.3) is 11.5 Å². The van der Waals surface area contributed by atoms with Crippen LogP contribution in [0.15, 0.2) is 28.7 Å². The van der Waals surface area contributed by atoms with Gasteiger partial charge in [-0.2, -0.15) is 13.2 Å². The largest absolute Gasteiger partial charge is 0.441 e. The van der Waals surface area contributed by atoms with E-state index in [0.29, 0.717) is 23.4 Å². The van der Waals surface area contributed by atoms with Crippen molar-refractivity contribution in [3.8, 4) is 11.5 Å². The zero-order chi connectivity index (χ0) is 16.5. The van der Waals surface area contributed by atoms with Crippen molar-refractivity contribution < 1.29 is 22.7 Å². The molecule has 6 heteroatoms. The summed E-state index contributed by atoms with van der Waals surface area (Å²) in [4.78, 5) is 4.40. The van der Waals surface area contributed by atoms with Crippen LogP contribution in [0.2, 0.25) is 0 Å². The summed E-state index contributed by atoms with van der Waals surface area (Å²) in [5, 5.41) is 9.10. The van der Waals surface area contributed by atoms with Gasteiger partial charge in [0.25, 0.3) is 0 Å². The van der Waals surface area contributed by atoms with Crippen molar-refractivity contribution in [1.82, 2.24) is 4.98 Å². The molecule has 120 valence electrons. The topological polar surface area (TPSA) is 46.3 Å². The van der Waals surface area contributed by atoms with Gasteiger partial charge < -0.3 is 9.52 Å². The summed E-state index contributed by atoms with van der Waals surface area (Å²) in [6.07, 6.45) is -4.05.